The van der Waals surface area contributed by atoms with E-state index in [0.717, 1.165) is 19.4 Å². The number of hydrogen-bond donors (Lipinski definition) is 0. The minimum atomic E-state index is -1.12. The van der Waals surface area contributed by atoms with Crippen LogP contribution >= 0.6 is 0 Å². The summed E-state index contributed by atoms with van der Waals surface area (Å²) < 4.78 is 1.04. The van der Waals surface area contributed by atoms with E-state index in [4.69, 9.17) is 0 Å². The van der Waals surface area contributed by atoms with Crippen LogP contribution in [0.1, 0.15) is 50.7 Å². The Labute approximate surface area is 146 Å². The number of carbonyl (C=O) groups is 3. The molecule has 0 fully saturated rings. The summed E-state index contributed by atoms with van der Waals surface area (Å²) in [5.41, 5.74) is -0.858. The Hall–Kier alpha value is -3.56. The van der Waals surface area contributed by atoms with Gasteiger partial charge in [-0.25, -0.2) is 13.9 Å². The maximum atomic E-state index is 12.9. The van der Waals surface area contributed by atoms with E-state index in [1.165, 1.54) is 12.1 Å². The molecule has 2 aromatic rings. The molecule has 0 spiro atoms. The summed E-state index contributed by atoms with van der Waals surface area (Å²) in [6, 6.07) is 6.27. The van der Waals surface area contributed by atoms with E-state index >= 15 is 0 Å². The molecule has 2 rings (SSSR count). The fourth-order valence-electron chi connectivity index (χ4n) is 2.48. The molecule has 0 aliphatic carbocycles. The quantitative estimate of drug-likeness (QED) is 0.444. The third-order valence-corrected chi connectivity index (χ3v) is 3.61. The first-order valence-electron chi connectivity index (χ1n) is 7.42. The summed E-state index contributed by atoms with van der Waals surface area (Å²) >= 11 is 0. The summed E-state index contributed by atoms with van der Waals surface area (Å²) in [6.45, 7) is 3.04. The molecule has 0 aliphatic heterocycles. The first-order chi connectivity index (χ1) is 12.1. The summed E-state index contributed by atoms with van der Waals surface area (Å²) in [5.74, 6) is -2.36. The number of benzene rings is 1. The molecule has 0 saturated carbocycles. The molecular formula is C16H15N3O7. The van der Waals surface area contributed by atoms with Gasteiger partial charge in [0.15, 0.2) is 0 Å². The van der Waals surface area contributed by atoms with E-state index < -0.39 is 40.7 Å². The second kappa shape index (κ2) is 7.13. The van der Waals surface area contributed by atoms with Gasteiger partial charge in [-0.15, -0.1) is 10.1 Å². The molecule has 136 valence electrons. The molecule has 0 saturated heterocycles. The Bertz CT molecular complexity index is 967. The number of carbonyl (C=O) groups excluding carboxylic acids is 3. The van der Waals surface area contributed by atoms with Gasteiger partial charge < -0.3 is 4.84 Å². The van der Waals surface area contributed by atoms with Gasteiger partial charge in [0.05, 0.1) is 5.69 Å². The van der Waals surface area contributed by atoms with Crippen LogP contribution < -0.4 is 5.69 Å². The predicted molar refractivity (Wildman–Crippen MR) is 87.7 cm³/mol. The van der Waals surface area contributed by atoms with Crippen molar-refractivity contribution >= 4 is 17.6 Å². The lowest BCUT2D eigenvalue weighted by Gasteiger charge is -2.07. The van der Waals surface area contributed by atoms with Gasteiger partial charge in [0, 0.05) is 19.4 Å². The molecule has 0 radical (unpaired) electrons. The van der Waals surface area contributed by atoms with Gasteiger partial charge in [-0.1, -0.05) is 29.8 Å². The third kappa shape index (κ3) is 3.43. The van der Waals surface area contributed by atoms with Gasteiger partial charge in [0.1, 0.15) is 12.3 Å². The number of aryl methyl sites for hydroxylation is 1. The van der Waals surface area contributed by atoms with Crippen LogP contribution in [0, 0.1) is 17.0 Å². The Morgan fingerprint density at radius 3 is 2.08 bits per heavy atom. The average Bonchev–Trinajstić information content (AvgIpc) is 2.85. The molecular weight excluding hydrogens is 346 g/mol. The summed E-state index contributed by atoms with van der Waals surface area (Å²) in [5, 5.41) is 9.40. The molecule has 0 bridgehead atoms. The highest BCUT2D eigenvalue weighted by atomic mass is 16.9. The zero-order chi connectivity index (χ0) is 19.6. The van der Waals surface area contributed by atoms with Crippen molar-refractivity contribution in [3.63, 3.8) is 0 Å². The molecule has 0 aliphatic rings. The summed E-state index contributed by atoms with van der Waals surface area (Å²) in [6.07, 6.45) is 0. The van der Waals surface area contributed by atoms with Crippen molar-refractivity contribution in [1.29, 1.82) is 0 Å². The van der Waals surface area contributed by atoms with E-state index in [1.54, 1.807) is 12.1 Å². The van der Waals surface area contributed by atoms with Crippen LogP contribution in [0.25, 0.3) is 0 Å². The zero-order valence-corrected chi connectivity index (χ0v) is 14.2. The predicted octanol–water partition coefficient (Wildman–Crippen LogP) is 1.22. The molecule has 1 aromatic heterocycles. The smallest absolute Gasteiger partial charge is 0.307 e. The highest BCUT2D eigenvalue weighted by molar-refractivity contribution is 6.10. The zero-order valence-electron chi connectivity index (χ0n) is 14.2. The van der Waals surface area contributed by atoms with Crippen LogP contribution in [0.5, 0.6) is 0 Å². The van der Waals surface area contributed by atoms with E-state index in [2.05, 4.69) is 4.84 Å². The fourth-order valence-corrected chi connectivity index (χ4v) is 2.48. The van der Waals surface area contributed by atoms with Gasteiger partial charge in [0.2, 0.25) is 17.6 Å². The molecule has 26 heavy (non-hydrogen) atoms. The van der Waals surface area contributed by atoms with Crippen molar-refractivity contribution in [2.75, 3.05) is 0 Å². The third-order valence-electron chi connectivity index (χ3n) is 3.61. The fraction of sp³-hybridized carbons (Fsp3) is 0.250. The Kier molecular flexibility index (Phi) is 5.15. The van der Waals surface area contributed by atoms with E-state index in [9.17, 15) is 29.3 Å². The minimum absolute atomic E-state index is 0.147. The first kappa shape index (κ1) is 18.8. The first-order valence-corrected chi connectivity index (χ1v) is 7.42. The van der Waals surface area contributed by atoms with Gasteiger partial charge in [-0.2, -0.15) is 0 Å². The Morgan fingerprint density at radius 1 is 1.08 bits per heavy atom. The van der Waals surface area contributed by atoms with Crippen LogP contribution in [0.3, 0.4) is 0 Å². The highest BCUT2D eigenvalue weighted by Crippen LogP contribution is 2.17. The number of ketones is 1. The van der Waals surface area contributed by atoms with Crippen molar-refractivity contribution in [2.45, 2.75) is 27.4 Å². The van der Waals surface area contributed by atoms with Crippen molar-refractivity contribution < 1.29 is 24.3 Å². The average molecular weight is 361 g/mol. The maximum Gasteiger partial charge on any atom is 0.342 e. The van der Waals surface area contributed by atoms with E-state index in [1.807, 2.05) is 6.92 Å². The number of rotatable bonds is 5. The Morgan fingerprint density at radius 2 is 1.62 bits per heavy atom. The molecule has 1 heterocycles. The van der Waals surface area contributed by atoms with Crippen LogP contribution in [-0.2, 0) is 11.4 Å². The van der Waals surface area contributed by atoms with Crippen LogP contribution in [-0.4, -0.2) is 31.8 Å². The van der Waals surface area contributed by atoms with Crippen molar-refractivity contribution in [2.24, 2.45) is 0 Å². The van der Waals surface area contributed by atoms with Crippen LogP contribution in [0.2, 0.25) is 0 Å². The second-order valence-electron chi connectivity index (χ2n) is 5.48. The van der Waals surface area contributed by atoms with Gasteiger partial charge >= 0.3 is 5.69 Å². The molecule has 10 nitrogen and oxygen atoms in total. The van der Waals surface area contributed by atoms with Crippen molar-refractivity contribution in [3.8, 4) is 0 Å². The lowest BCUT2D eigenvalue weighted by atomic mass is 10.0. The van der Waals surface area contributed by atoms with Gasteiger partial charge in [0.25, 0.3) is 5.09 Å². The number of hydrogen-bond acceptors (Lipinski definition) is 7. The SMILES string of the molecule is CC(=O)n1c(CO[N+](=O)[O-])c(C(=O)c2ccc(C)cc2)n(C(C)=O)c1=O. The van der Waals surface area contributed by atoms with Crippen molar-refractivity contribution in [1.82, 2.24) is 9.13 Å². The van der Waals surface area contributed by atoms with Gasteiger partial charge in [-0.05, 0) is 6.92 Å². The van der Waals surface area contributed by atoms with E-state index in [-0.39, 0.29) is 11.3 Å². The van der Waals surface area contributed by atoms with E-state index in [0.29, 0.717) is 9.13 Å². The minimum Gasteiger partial charge on any atom is -0.307 e. The van der Waals surface area contributed by atoms with Crippen LogP contribution in [0.15, 0.2) is 29.1 Å². The van der Waals surface area contributed by atoms with Gasteiger partial charge in [-0.3, -0.25) is 14.4 Å². The maximum absolute atomic E-state index is 12.9. The number of imidazole rings is 1. The van der Waals surface area contributed by atoms with Crippen molar-refractivity contribution in [3.05, 3.63) is 67.4 Å². The largest absolute Gasteiger partial charge is 0.342 e. The number of aromatic nitrogens is 2. The lowest BCUT2D eigenvalue weighted by molar-refractivity contribution is -0.763. The highest BCUT2D eigenvalue weighted by Gasteiger charge is 2.30. The van der Waals surface area contributed by atoms with Crippen LogP contribution in [0.4, 0.5) is 0 Å². The monoisotopic (exact) mass is 361 g/mol. The molecule has 0 N–H and O–H groups in total. The normalized spacial score (nSPS) is 10.4. The molecule has 0 unspecified atom stereocenters. The molecule has 1 aromatic carbocycles. The lowest BCUT2D eigenvalue weighted by Crippen LogP contribution is -2.31. The molecule has 0 amide bonds. The number of nitrogens with zero attached hydrogens (tertiary/aromatic N) is 3. The second-order valence-corrected chi connectivity index (χ2v) is 5.48. The summed E-state index contributed by atoms with van der Waals surface area (Å²) in [7, 11) is 0. The Balaban J connectivity index is 2.77. The standard InChI is InChI=1S/C16H15N3O7/c1-9-4-6-12(7-5-9)15(22)14-13(8-26-19(24)25)17(10(2)20)16(23)18(14)11(3)21/h4-7H,8H2,1-3H3. The summed E-state index contributed by atoms with van der Waals surface area (Å²) in [4.78, 5) is 63.8. The molecule has 0 atom stereocenters. The topological polar surface area (TPSA) is 131 Å². The molecule has 10 heteroatoms.